The number of thioether (sulfide) groups is 1. The quantitative estimate of drug-likeness (QED) is 0.572. The third kappa shape index (κ3) is 4.68. The topological polar surface area (TPSA) is 59.8 Å². The Kier molecular flexibility index (Phi) is 6.41. The van der Waals surface area contributed by atoms with Gasteiger partial charge in [0, 0.05) is 23.1 Å². The first-order valence-corrected chi connectivity index (χ1v) is 9.04. The molecule has 2 aromatic rings. The number of rotatable bonds is 7. The lowest BCUT2D eigenvalue weighted by atomic mass is 10.2. The zero-order chi connectivity index (χ0) is 16.8. The molecule has 1 amide bonds. The zero-order valence-electron chi connectivity index (χ0n) is 13.2. The van der Waals surface area contributed by atoms with Crippen molar-refractivity contribution < 1.29 is 4.79 Å². The molecule has 1 heterocycles. The summed E-state index contributed by atoms with van der Waals surface area (Å²) in [6.07, 6.45) is 2.60. The minimum absolute atomic E-state index is 0.0633. The van der Waals surface area contributed by atoms with Crippen LogP contribution < -0.4 is 5.32 Å². The SMILES string of the molecule is C=CCn1c(CC)nnc1SCC(=O)Nc1ccc(Br)cc1C. The molecule has 0 aliphatic heterocycles. The summed E-state index contributed by atoms with van der Waals surface area (Å²) < 4.78 is 2.97. The Labute approximate surface area is 148 Å². The molecule has 1 aromatic carbocycles. The van der Waals surface area contributed by atoms with Gasteiger partial charge in [0.05, 0.1) is 5.75 Å². The number of halogens is 1. The summed E-state index contributed by atoms with van der Waals surface area (Å²) in [7, 11) is 0. The van der Waals surface area contributed by atoms with Crippen molar-refractivity contribution in [1.29, 1.82) is 0 Å². The smallest absolute Gasteiger partial charge is 0.234 e. The molecular weight excluding hydrogens is 376 g/mol. The molecule has 0 radical (unpaired) electrons. The normalized spacial score (nSPS) is 10.6. The number of anilines is 1. The van der Waals surface area contributed by atoms with Crippen molar-refractivity contribution in [2.45, 2.75) is 32.0 Å². The molecule has 0 aliphatic carbocycles. The molecule has 5 nitrogen and oxygen atoms in total. The predicted octanol–water partition coefficient (Wildman–Crippen LogP) is 3.83. The number of aromatic nitrogens is 3. The molecule has 1 N–H and O–H groups in total. The lowest BCUT2D eigenvalue weighted by Gasteiger charge is -2.09. The van der Waals surface area contributed by atoms with Crippen molar-refractivity contribution in [3.63, 3.8) is 0 Å². The first-order chi connectivity index (χ1) is 11.0. The van der Waals surface area contributed by atoms with Crippen LogP contribution in [0.1, 0.15) is 18.3 Å². The summed E-state index contributed by atoms with van der Waals surface area (Å²) in [6, 6.07) is 5.76. The van der Waals surface area contributed by atoms with Crippen molar-refractivity contribution in [1.82, 2.24) is 14.8 Å². The second-order valence-electron chi connectivity index (χ2n) is 4.95. The fraction of sp³-hybridized carbons (Fsp3) is 0.312. The molecule has 122 valence electrons. The fourth-order valence-corrected chi connectivity index (χ4v) is 3.33. The van der Waals surface area contributed by atoms with E-state index in [0.717, 1.165) is 33.1 Å². The standard InChI is InChI=1S/C16H19BrN4OS/c1-4-8-21-14(5-2)19-20-16(21)23-10-15(22)18-13-7-6-12(17)9-11(13)3/h4,6-7,9H,1,5,8,10H2,2-3H3,(H,18,22). The largest absolute Gasteiger partial charge is 0.325 e. The van der Waals surface area contributed by atoms with Gasteiger partial charge in [0.2, 0.25) is 5.91 Å². The van der Waals surface area contributed by atoms with Gasteiger partial charge in [-0.2, -0.15) is 0 Å². The van der Waals surface area contributed by atoms with E-state index in [9.17, 15) is 4.79 Å². The van der Waals surface area contributed by atoms with Crippen LogP contribution in [-0.4, -0.2) is 26.4 Å². The Balaban J connectivity index is 1.99. The Hall–Kier alpha value is -1.60. The van der Waals surface area contributed by atoms with Gasteiger partial charge < -0.3 is 9.88 Å². The van der Waals surface area contributed by atoms with E-state index in [2.05, 4.69) is 38.0 Å². The Morgan fingerprint density at radius 1 is 1.48 bits per heavy atom. The van der Waals surface area contributed by atoms with Gasteiger partial charge in [0.15, 0.2) is 5.16 Å². The average Bonchev–Trinajstić information content (AvgIpc) is 2.90. The van der Waals surface area contributed by atoms with Gasteiger partial charge in [-0.3, -0.25) is 4.79 Å². The van der Waals surface area contributed by atoms with Crippen molar-refractivity contribution >= 4 is 39.3 Å². The van der Waals surface area contributed by atoms with Crippen molar-refractivity contribution in [2.24, 2.45) is 0 Å². The molecule has 0 bridgehead atoms. The summed E-state index contributed by atoms with van der Waals surface area (Å²) in [5, 5.41) is 12.0. The Morgan fingerprint density at radius 3 is 2.91 bits per heavy atom. The van der Waals surface area contributed by atoms with Crippen LogP contribution >= 0.6 is 27.7 Å². The number of hydrogen-bond donors (Lipinski definition) is 1. The number of amides is 1. The van der Waals surface area contributed by atoms with Crippen LogP contribution in [0.2, 0.25) is 0 Å². The van der Waals surface area contributed by atoms with Crippen LogP contribution in [0, 0.1) is 6.92 Å². The molecule has 0 aliphatic rings. The fourth-order valence-electron chi connectivity index (χ4n) is 2.08. The number of nitrogens with one attached hydrogen (secondary N) is 1. The highest BCUT2D eigenvalue weighted by Crippen LogP contribution is 2.21. The van der Waals surface area contributed by atoms with E-state index in [1.54, 1.807) is 6.08 Å². The third-order valence-electron chi connectivity index (χ3n) is 3.22. The minimum Gasteiger partial charge on any atom is -0.325 e. The first kappa shape index (κ1) is 17.7. The summed E-state index contributed by atoms with van der Waals surface area (Å²) in [6.45, 7) is 8.38. The van der Waals surface area contributed by atoms with Gasteiger partial charge in [0.1, 0.15) is 5.82 Å². The minimum atomic E-state index is -0.0633. The third-order valence-corrected chi connectivity index (χ3v) is 4.68. The molecule has 7 heteroatoms. The molecule has 0 saturated carbocycles. The molecule has 0 unspecified atom stereocenters. The van der Waals surface area contributed by atoms with E-state index in [4.69, 9.17) is 0 Å². The van der Waals surface area contributed by atoms with Crippen LogP contribution in [0.4, 0.5) is 5.69 Å². The van der Waals surface area contributed by atoms with Gasteiger partial charge in [-0.15, -0.1) is 16.8 Å². The molecule has 0 fully saturated rings. The highest BCUT2D eigenvalue weighted by atomic mass is 79.9. The molecule has 1 aromatic heterocycles. The number of allylic oxidation sites excluding steroid dienone is 1. The van der Waals surface area contributed by atoms with Gasteiger partial charge in [0.25, 0.3) is 0 Å². The molecule has 23 heavy (non-hydrogen) atoms. The molecule has 0 spiro atoms. The lowest BCUT2D eigenvalue weighted by Crippen LogP contribution is -2.15. The molecule has 2 rings (SSSR count). The molecule has 0 saturated heterocycles. The van der Waals surface area contributed by atoms with Crippen molar-refractivity contribution in [3.05, 3.63) is 46.7 Å². The van der Waals surface area contributed by atoms with Crippen LogP contribution in [0.5, 0.6) is 0 Å². The van der Waals surface area contributed by atoms with Crippen LogP contribution in [-0.2, 0) is 17.8 Å². The summed E-state index contributed by atoms with van der Waals surface area (Å²) in [5.74, 6) is 1.12. The lowest BCUT2D eigenvalue weighted by molar-refractivity contribution is -0.113. The first-order valence-electron chi connectivity index (χ1n) is 7.27. The summed E-state index contributed by atoms with van der Waals surface area (Å²) >= 11 is 4.79. The van der Waals surface area contributed by atoms with Gasteiger partial charge >= 0.3 is 0 Å². The Morgan fingerprint density at radius 2 is 2.26 bits per heavy atom. The van der Waals surface area contributed by atoms with Crippen molar-refractivity contribution in [2.75, 3.05) is 11.1 Å². The van der Waals surface area contributed by atoms with E-state index in [1.165, 1.54) is 11.8 Å². The van der Waals surface area contributed by atoms with Crippen LogP contribution in [0.25, 0.3) is 0 Å². The second kappa shape index (κ2) is 8.31. The number of nitrogens with zero attached hydrogens (tertiary/aromatic N) is 3. The number of aryl methyl sites for hydroxylation is 2. The molecule has 0 atom stereocenters. The molecular formula is C16H19BrN4OS. The maximum absolute atomic E-state index is 12.1. The van der Waals surface area contributed by atoms with Crippen molar-refractivity contribution in [3.8, 4) is 0 Å². The van der Waals surface area contributed by atoms with E-state index < -0.39 is 0 Å². The number of benzene rings is 1. The Bertz CT molecular complexity index is 714. The van der Waals surface area contributed by atoms with Gasteiger partial charge in [-0.1, -0.05) is 40.7 Å². The van der Waals surface area contributed by atoms with Gasteiger partial charge in [-0.05, 0) is 30.7 Å². The highest BCUT2D eigenvalue weighted by Gasteiger charge is 2.12. The van der Waals surface area contributed by atoms with E-state index in [-0.39, 0.29) is 11.7 Å². The maximum atomic E-state index is 12.1. The highest BCUT2D eigenvalue weighted by molar-refractivity contribution is 9.10. The average molecular weight is 395 g/mol. The van der Waals surface area contributed by atoms with E-state index >= 15 is 0 Å². The number of hydrogen-bond acceptors (Lipinski definition) is 4. The zero-order valence-corrected chi connectivity index (χ0v) is 15.6. The predicted molar refractivity (Wildman–Crippen MR) is 97.8 cm³/mol. The monoisotopic (exact) mass is 394 g/mol. The summed E-state index contributed by atoms with van der Waals surface area (Å²) in [5.41, 5.74) is 1.83. The second-order valence-corrected chi connectivity index (χ2v) is 6.81. The van der Waals surface area contributed by atoms with Gasteiger partial charge in [-0.25, -0.2) is 0 Å². The van der Waals surface area contributed by atoms with E-state index in [1.807, 2.05) is 36.6 Å². The number of carbonyl (C=O) groups excluding carboxylic acids is 1. The number of carbonyl (C=O) groups is 1. The maximum Gasteiger partial charge on any atom is 0.234 e. The van der Waals surface area contributed by atoms with Crippen LogP contribution in [0.3, 0.4) is 0 Å². The summed E-state index contributed by atoms with van der Waals surface area (Å²) in [4.78, 5) is 12.1. The van der Waals surface area contributed by atoms with Crippen LogP contribution in [0.15, 0.2) is 40.5 Å². The van der Waals surface area contributed by atoms with E-state index in [0.29, 0.717) is 6.54 Å².